The van der Waals surface area contributed by atoms with E-state index in [9.17, 15) is 13.2 Å². The molecule has 0 spiro atoms. The molecule has 0 bridgehead atoms. The van der Waals surface area contributed by atoms with Crippen LogP contribution in [0.15, 0.2) is 51.8 Å². The number of carbonyl (C=O) groups is 1. The number of benzene rings is 2. The first-order valence-corrected chi connectivity index (χ1v) is 11.1. The molecule has 1 fully saturated rings. The predicted molar refractivity (Wildman–Crippen MR) is 112 cm³/mol. The van der Waals surface area contributed by atoms with E-state index in [4.69, 9.17) is 16.3 Å². The molecule has 2 N–H and O–H groups in total. The van der Waals surface area contributed by atoms with E-state index < -0.39 is 10.0 Å². The first-order chi connectivity index (χ1) is 13.4. The van der Waals surface area contributed by atoms with E-state index in [0.717, 1.165) is 10.2 Å². The lowest BCUT2D eigenvalue weighted by Gasteiger charge is -2.26. The molecule has 1 aliphatic heterocycles. The van der Waals surface area contributed by atoms with Crippen molar-refractivity contribution in [1.82, 2.24) is 4.31 Å². The molecule has 0 atom stereocenters. The van der Waals surface area contributed by atoms with E-state index in [1.807, 2.05) is 24.3 Å². The summed E-state index contributed by atoms with van der Waals surface area (Å²) < 4.78 is 33.1. The highest BCUT2D eigenvalue weighted by molar-refractivity contribution is 9.10. The van der Waals surface area contributed by atoms with Crippen LogP contribution in [-0.4, -0.2) is 51.5 Å². The number of halogens is 2. The fraction of sp³-hybridized carbons (Fsp3) is 0.278. The number of nitrogens with zero attached hydrogens (tertiary/aromatic N) is 1. The molecule has 1 amide bonds. The summed E-state index contributed by atoms with van der Waals surface area (Å²) in [5.74, 6) is -0.308. The number of carbonyl (C=O) groups excluding carboxylic acids is 1. The summed E-state index contributed by atoms with van der Waals surface area (Å²) >= 11 is 9.49. The van der Waals surface area contributed by atoms with Gasteiger partial charge in [-0.2, -0.15) is 4.31 Å². The van der Waals surface area contributed by atoms with Crippen molar-refractivity contribution >= 4 is 54.8 Å². The summed E-state index contributed by atoms with van der Waals surface area (Å²) in [6, 6.07) is 11.8. The van der Waals surface area contributed by atoms with Crippen molar-refractivity contribution in [2.75, 3.05) is 43.5 Å². The number of nitrogens with one attached hydrogen (secondary N) is 2. The summed E-state index contributed by atoms with van der Waals surface area (Å²) in [4.78, 5) is 12.2. The van der Waals surface area contributed by atoms with Gasteiger partial charge in [-0.25, -0.2) is 8.42 Å². The maximum Gasteiger partial charge on any atom is 0.244 e. The van der Waals surface area contributed by atoms with Crippen LogP contribution in [0.2, 0.25) is 5.02 Å². The third-order valence-electron chi connectivity index (χ3n) is 4.08. The Labute approximate surface area is 177 Å². The summed E-state index contributed by atoms with van der Waals surface area (Å²) in [6.07, 6.45) is 0. The average Bonchev–Trinajstić information content (AvgIpc) is 2.68. The second kappa shape index (κ2) is 9.23. The fourth-order valence-corrected chi connectivity index (χ4v) is 5.00. The zero-order chi connectivity index (χ0) is 20.1. The molecule has 28 heavy (non-hydrogen) atoms. The van der Waals surface area contributed by atoms with Gasteiger partial charge < -0.3 is 15.4 Å². The van der Waals surface area contributed by atoms with Gasteiger partial charge in [0.05, 0.1) is 24.8 Å². The van der Waals surface area contributed by atoms with Gasteiger partial charge in [0.15, 0.2) is 0 Å². The topological polar surface area (TPSA) is 87.7 Å². The van der Waals surface area contributed by atoms with Crippen molar-refractivity contribution in [3.8, 4) is 0 Å². The van der Waals surface area contributed by atoms with Crippen LogP contribution in [0.3, 0.4) is 0 Å². The molecule has 150 valence electrons. The van der Waals surface area contributed by atoms with Gasteiger partial charge >= 0.3 is 0 Å². The van der Waals surface area contributed by atoms with Crippen LogP contribution in [-0.2, 0) is 19.6 Å². The molecule has 0 radical (unpaired) electrons. The molecule has 0 aromatic heterocycles. The lowest BCUT2D eigenvalue weighted by Crippen LogP contribution is -2.40. The van der Waals surface area contributed by atoms with E-state index in [1.165, 1.54) is 16.4 Å². The Balaban J connectivity index is 1.69. The minimum absolute atomic E-state index is 0.0324. The van der Waals surface area contributed by atoms with Crippen molar-refractivity contribution in [1.29, 1.82) is 0 Å². The van der Waals surface area contributed by atoms with Crippen LogP contribution in [0.5, 0.6) is 0 Å². The molecule has 0 aliphatic carbocycles. The van der Waals surface area contributed by atoms with Crippen molar-refractivity contribution in [2.24, 2.45) is 0 Å². The van der Waals surface area contributed by atoms with Crippen LogP contribution >= 0.6 is 27.5 Å². The molecule has 1 aliphatic rings. The minimum atomic E-state index is -3.76. The Kier molecular flexibility index (Phi) is 6.95. The van der Waals surface area contributed by atoms with Crippen molar-refractivity contribution < 1.29 is 17.9 Å². The first-order valence-electron chi connectivity index (χ1n) is 8.53. The number of anilines is 2. The van der Waals surface area contributed by atoms with Gasteiger partial charge in [-0.1, -0.05) is 33.6 Å². The third kappa shape index (κ3) is 5.24. The number of rotatable bonds is 6. The molecule has 2 aromatic carbocycles. The van der Waals surface area contributed by atoms with Crippen molar-refractivity contribution in [2.45, 2.75) is 4.90 Å². The number of ether oxygens (including phenoxy) is 1. The summed E-state index contributed by atoms with van der Waals surface area (Å²) in [6.45, 7) is 1.26. The van der Waals surface area contributed by atoms with Crippen LogP contribution in [0.4, 0.5) is 11.4 Å². The molecular formula is C18H19BrClN3O4S. The number of sulfonamides is 1. The largest absolute Gasteiger partial charge is 0.379 e. The Hall–Kier alpha value is -1.65. The normalized spacial score (nSPS) is 15.2. The molecule has 10 heteroatoms. The summed E-state index contributed by atoms with van der Waals surface area (Å²) in [5, 5.41) is 5.80. The highest BCUT2D eigenvalue weighted by atomic mass is 79.9. The van der Waals surface area contributed by atoms with Gasteiger partial charge in [-0.3, -0.25) is 4.79 Å². The molecule has 0 unspecified atom stereocenters. The maximum atomic E-state index is 12.8. The Bertz CT molecular complexity index is 965. The maximum absolute atomic E-state index is 12.8. The van der Waals surface area contributed by atoms with Gasteiger partial charge in [-0.15, -0.1) is 0 Å². The second-order valence-corrected chi connectivity index (χ2v) is 9.30. The monoisotopic (exact) mass is 487 g/mol. The van der Waals surface area contributed by atoms with E-state index >= 15 is 0 Å². The van der Waals surface area contributed by atoms with E-state index in [-0.39, 0.29) is 35.5 Å². The Morgan fingerprint density at radius 1 is 1.14 bits per heavy atom. The molecule has 7 nitrogen and oxygen atoms in total. The molecule has 0 saturated carbocycles. The fourth-order valence-electron chi connectivity index (χ4n) is 2.69. The number of amides is 1. The zero-order valence-electron chi connectivity index (χ0n) is 14.8. The Morgan fingerprint density at radius 2 is 1.89 bits per heavy atom. The SMILES string of the molecule is O=C(CNc1cccc(Br)c1)Nc1ccc(Cl)c(S(=O)(=O)N2CCOCC2)c1. The van der Waals surface area contributed by atoms with Gasteiger partial charge in [-0.05, 0) is 36.4 Å². The van der Waals surface area contributed by atoms with E-state index in [1.54, 1.807) is 6.07 Å². The van der Waals surface area contributed by atoms with Crippen LogP contribution < -0.4 is 10.6 Å². The second-order valence-electron chi connectivity index (χ2n) is 6.07. The minimum Gasteiger partial charge on any atom is -0.379 e. The third-order valence-corrected chi connectivity index (χ3v) is 6.95. The van der Waals surface area contributed by atoms with Crippen LogP contribution in [0, 0.1) is 0 Å². The van der Waals surface area contributed by atoms with Gasteiger partial charge in [0.2, 0.25) is 15.9 Å². The van der Waals surface area contributed by atoms with Gasteiger partial charge in [0.25, 0.3) is 0 Å². The Morgan fingerprint density at radius 3 is 2.61 bits per heavy atom. The van der Waals surface area contributed by atoms with Gasteiger partial charge in [0, 0.05) is 28.9 Å². The molecule has 3 rings (SSSR count). The quantitative estimate of drug-likeness (QED) is 0.652. The highest BCUT2D eigenvalue weighted by Crippen LogP contribution is 2.28. The van der Waals surface area contributed by atoms with Crippen molar-refractivity contribution in [3.63, 3.8) is 0 Å². The van der Waals surface area contributed by atoms with Gasteiger partial charge in [0.1, 0.15) is 4.90 Å². The smallest absolute Gasteiger partial charge is 0.244 e. The molecule has 2 aromatic rings. The number of hydrogen-bond donors (Lipinski definition) is 2. The van der Waals surface area contributed by atoms with Crippen molar-refractivity contribution in [3.05, 3.63) is 52.0 Å². The average molecular weight is 489 g/mol. The van der Waals surface area contributed by atoms with Crippen LogP contribution in [0.1, 0.15) is 0 Å². The first kappa shape index (κ1) is 21.1. The molecule has 1 heterocycles. The molecule has 1 saturated heterocycles. The summed E-state index contributed by atoms with van der Waals surface area (Å²) in [7, 11) is -3.76. The lowest BCUT2D eigenvalue weighted by molar-refractivity contribution is -0.114. The number of morpholine rings is 1. The lowest BCUT2D eigenvalue weighted by atomic mass is 10.3. The number of hydrogen-bond acceptors (Lipinski definition) is 5. The standard InChI is InChI=1S/C18H19BrClN3O4S/c19-13-2-1-3-14(10-13)21-12-18(24)22-15-4-5-16(20)17(11-15)28(25,26)23-6-8-27-9-7-23/h1-5,10-11,21H,6-9,12H2,(H,22,24). The zero-order valence-corrected chi connectivity index (χ0v) is 18.0. The predicted octanol–water partition coefficient (Wildman–Crippen LogP) is 3.17. The molecular weight excluding hydrogens is 470 g/mol. The van der Waals surface area contributed by atoms with E-state index in [0.29, 0.717) is 18.9 Å². The summed E-state index contributed by atoms with van der Waals surface area (Å²) in [5.41, 5.74) is 1.15. The highest BCUT2D eigenvalue weighted by Gasteiger charge is 2.28. The van der Waals surface area contributed by atoms with Crippen LogP contribution in [0.25, 0.3) is 0 Å². The van der Waals surface area contributed by atoms with E-state index in [2.05, 4.69) is 26.6 Å².